The molecule has 14 heteroatoms. The number of rotatable bonds is 7. The van der Waals surface area contributed by atoms with Crippen molar-refractivity contribution in [2.45, 2.75) is 25.2 Å². The van der Waals surface area contributed by atoms with Crippen LogP contribution in [0.5, 0.6) is 5.75 Å². The van der Waals surface area contributed by atoms with Crippen LogP contribution in [-0.2, 0) is 15.0 Å². The fourth-order valence-electron chi connectivity index (χ4n) is 3.09. The van der Waals surface area contributed by atoms with Gasteiger partial charge in [0.15, 0.2) is 11.2 Å². The molecule has 1 aliphatic rings. The van der Waals surface area contributed by atoms with Crippen molar-refractivity contribution in [3.05, 3.63) is 57.4 Å². The minimum atomic E-state index is -4.14. The molecular weight excluding hydrogens is 420 g/mol. The van der Waals surface area contributed by atoms with E-state index in [1.54, 1.807) is 4.57 Å². The molecule has 0 amide bonds. The van der Waals surface area contributed by atoms with E-state index in [1.165, 1.54) is 24.8 Å². The van der Waals surface area contributed by atoms with Crippen LogP contribution in [0.15, 0.2) is 41.7 Å². The number of ether oxygens (including phenoxy) is 1. The summed E-state index contributed by atoms with van der Waals surface area (Å²) in [6.45, 7) is -0.0353. The van der Waals surface area contributed by atoms with Crippen LogP contribution in [-0.4, -0.2) is 45.5 Å². The van der Waals surface area contributed by atoms with E-state index in [0.717, 1.165) is 12.1 Å². The second-order valence-corrected chi connectivity index (χ2v) is 7.85. The summed E-state index contributed by atoms with van der Waals surface area (Å²) >= 11 is 0. The molecule has 2 N–H and O–H groups in total. The smallest absolute Gasteiger partial charge is 0.371 e. The molecule has 2 unspecified atom stereocenters. The van der Waals surface area contributed by atoms with Gasteiger partial charge in [-0.3, -0.25) is 19.5 Å². The molecular formula is C16H16N6O7S. The molecule has 0 radical (unpaired) electrons. The fourth-order valence-corrected chi connectivity index (χ4v) is 3.90. The van der Waals surface area contributed by atoms with Crippen molar-refractivity contribution in [2.75, 3.05) is 6.54 Å². The molecule has 0 aliphatic carbocycles. The van der Waals surface area contributed by atoms with Crippen LogP contribution in [0.1, 0.15) is 19.1 Å². The van der Waals surface area contributed by atoms with Gasteiger partial charge in [-0.05, 0) is 25.0 Å². The number of non-ortho nitro benzene ring substituents is 1. The first kappa shape index (κ1) is 19.9. The van der Waals surface area contributed by atoms with Crippen molar-refractivity contribution in [3.63, 3.8) is 0 Å². The van der Waals surface area contributed by atoms with Crippen LogP contribution in [0.4, 0.5) is 5.69 Å². The number of nitro groups is 1. The topological polar surface area (TPSA) is 171 Å². The number of aromatic amines is 1. The monoisotopic (exact) mass is 436 g/mol. The van der Waals surface area contributed by atoms with E-state index in [0.29, 0.717) is 18.5 Å². The van der Waals surface area contributed by atoms with Gasteiger partial charge in [0.2, 0.25) is 0 Å². The van der Waals surface area contributed by atoms with Crippen LogP contribution in [0.3, 0.4) is 0 Å². The predicted molar refractivity (Wildman–Crippen MR) is 102 cm³/mol. The van der Waals surface area contributed by atoms with Crippen LogP contribution >= 0.6 is 0 Å². The molecule has 1 fully saturated rings. The molecule has 3 aromatic rings. The highest BCUT2D eigenvalue weighted by molar-refractivity contribution is 7.85. The average Bonchev–Trinajstić information content (AvgIpc) is 3.34. The van der Waals surface area contributed by atoms with E-state index in [-0.39, 0.29) is 29.1 Å². The lowest BCUT2D eigenvalue weighted by atomic mass is 10.2. The number of nitro benzene ring substituents is 1. The van der Waals surface area contributed by atoms with Gasteiger partial charge in [-0.25, -0.2) is 9.97 Å². The molecule has 1 aromatic carbocycles. The number of aromatic nitrogens is 4. The zero-order valence-electron chi connectivity index (χ0n) is 15.3. The third-order valence-electron chi connectivity index (χ3n) is 4.50. The van der Waals surface area contributed by atoms with Crippen LogP contribution < -0.4 is 14.5 Å². The van der Waals surface area contributed by atoms with E-state index in [4.69, 9.17) is 8.92 Å². The second-order valence-electron chi connectivity index (χ2n) is 6.48. The van der Waals surface area contributed by atoms with Crippen molar-refractivity contribution in [3.8, 4) is 5.75 Å². The Morgan fingerprint density at radius 2 is 2.07 bits per heavy atom. The third-order valence-corrected chi connectivity index (χ3v) is 5.43. The maximum absolute atomic E-state index is 12.1. The average molecular weight is 436 g/mol. The highest BCUT2D eigenvalue weighted by Gasteiger charge is 2.29. The first-order valence-corrected chi connectivity index (χ1v) is 10.2. The van der Waals surface area contributed by atoms with E-state index in [1.807, 2.05) is 0 Å². The summed E-state index contributed by atoms with van der Waals surface area (Å²) in [7, 11) is -4.14. The Bertz CT molecular complexity index is 1240. The number of hydrogen-bond donors (Lipinski definition) is 2. The molecule has 4 rings (SSSR count). The Morgan fingerprint density at radius 1 is 1.30 bits per heavy atom. The van der Waals surface area contributed by atoms with E-state index < -0.39 is 27.6 Å². The first-order chi connectivity index (χ1) is 14.3. The number of fused-ring (bicyclic) bond motifs is 1. The summed E-state index contributed by atoms with van der Waals surface area (Å²) in [5.74, 6) is -0.0560. The standard InChI is InChI=1S/C16H16N6O7S/c23-16-14-15(17-8-18-16)21(9-19-14)13-6-5-12(28-13)7-20-30(26,27)29-11-3-1-10(2-4-11)22(24)25/h1-4,8-9,12-13,20H,5-7H2,(H,17,18,23). The first-order valence-electron chi connectivity index (χ1n) is 8.81. The van der Waals surface area contributed by atoms with E-state index in [2.05, 4.69) is 19.7 Å². The van der Waals surface area contributed by atoms with Gasteiger partial charge in [0.25, 0.3) is 11.2 Å². The molecule has 2 aromatic heterocycles. The minimum Gasteiger partial charge on any atom is -0.371 e. The van der Waals surface area contributed by atoms with Gasteiger partial charge in [-0.15, -0.1) is 0 Å². The SMILES string of the molecule is O=c1[nH]cnc2c1ncn2C1CCC(CNS(=O)(=O)Oc2ccc([N+](=O)[O-])cc2)O1. The van der Waals surface area contributed by atoms with Crippen LogP contribution in [0.25, 0.3) is 11.2 Å². The number of benzene rings is 1. The Balaban J connectivity index is 1.35. The quantitative estimate of drug-likeness (QED) is 0.398. The summed E-state index contributed by atoms with van der Waals surface area (Å²) < 4.78 is 38.9. The number of nitrogens with zero attached hydrogens (tertiary/aromatic N) is 4. The van der Waals surface area contributed by atoms with Crippen molar-refractivity contribution in [1.29, 1.82) is 0 Å². The highest BCUT2D eigenvalue weighted by atomic mass is 32.2. The molecule has 30 heavy (non-hydrogen) atoms. The van der Waals surface area contributed by atoms with Gasteiger partial charge < -0.3 is 13.9 Å². The van der Waals surface area contributed by atoms with E-state index in [9.17, 15) is 23.3 Å². The van der Waals surface area contributed by atoms with Gasteiger partial charge in [0.1, 0.15) is 12.0 Å². The molecule has 1 aliphatic heterocycles. The molecule has 0 bridgehead atoms. The number of H-pyrrole nitrogens is 1. The fraction of sp³-hybridized carbons (Fsp3) is 0.312. The summed E-state index contributed by atoms with van der Waals surface area (Å²) in [4.78, 5) is 32.4. The zero-order chi connectivity index (χ0) is 21.3. The summed E-state index contributed by atoms with van der Waals surface area (Å²) in [6, 6.07) is 4.67. The van der Waals surface area contributed by atoms with Crippen molar-refractivity contribution in [2.24, 2.45) is 0 Å². The number of nitrogens with one attached hydrogen (secondary N) is 2. The molecule has 0 saturated carbocycles. The predicted octanol–water partition coefficient (Wildman–Crippen LogP) is 0.619. The lowest BCUT2D eigenvalue weighted by molar-refractivity contribution is -0.384. The molecule has 13 nitrogen and oxygen atoms in total. The second kappa shape index (κ2) is 7.81. The van der Waals surface area contributed by atoms with Crippen LogP contribution in [0, 0.1) is 10.1 Å². The van der Waals surface area contributed by atoms with Crippen molar-refractivity contribution >= 4 is 27.2 Å². The van der Waals surface area contributed by atoms with E-state index >= 15 is 0 Å². The van der Waals surface area contributed by atoms with Crippen molar-refractivity contribution < 1.29 is 22.3 Å². The van der Waals surface area contributed by atoms with Gasteiger partial charge >= 0.3 is 10.3 Å². The van der Waals surface area contributed by atoms with Crippen molar-refractivity contribution in [1.82, 2.24) is 24.2 Å². The molecule has 3 heterocycles. The van der Waals surface area contributed by atoms with Crippen LogP contribution in [0.2, 0.25) is 0 Å². The maximum Gasteiger partial charge on any atom is 0.382 e. The lowest BCUT2D eigenvalue weighted by Gasteiger charge is -2.15. The molecule has 0 spiro atoms. The molecule has 1 saturated heterocycles. The normalized spacial score (nSPS) is 19.2. The highest BCUT2D eigenvalue weighted by Crippen LogP contribution is 2.29. The van der Waals surface area contributed by atoms with Gasteiger partial charge in [0, 0.05) is 18.7 Å². The molecule has 2 atom stereocenters. The minimum absolute atomic E-state index is 0.0353. The van der Waals surface area contributed by atoms with Gasteiger partial charge in [-0.1, -0.05) is 0 Å². The number of hydrogen-bond acceptors (Lipinski definition) is 9. The lowest BCUT2D eigenvalue weighted by Crippen LogP contribution is -2.35. The third kappa shape index (κ3) is 4.14. The van der Waals surface area contributed by atoms with Gasteiger partial charge in [0.05, 0.1) is 23.7 Å². The Morgan fingerprint density at radius 3 is 2.80 bits per heavy atom. The Kier molecular flexibility index (Phi) is 5.19. The molecule has 158 valence electrons. The van der Waals surface area contributed by atoms with Gasteiger partial charge in [-0.2, -0.15) is 13.1 Å². The maximum atomic E-state index is 12.1. The Labute approximate surface area is 169 Å². The summed E-state index contributed by atoms with van der Waals surface area (Å²) in [5.41, 5.74) is 0.0410. The zero-order valence-corrected chi connectivity index (χ0v) is 16.1. The summed E-state index contributed by atoms with van der Waals surface area (Å²) in [6.07, 6.45) is 3.02. The summed E-state index contributed by atoms with van der Waals surface area (Å²) in [5, 5.41) is 10.6. The largest absolute Gasteiger partial charge is 0.382 e. The Hall–Kier alpha value is -3.36. The number of imidazole rings is 1.